The van der Waals surface area contributed by atoms with E-state index in [0.717, 1.165) is 12.8 Å². The second-order valence-electron chi connectivity index (χ2n) is 5.38. The Hall–Kier alpha value is -1.84. The topological polar surface area (TPSA) is 58.2 Å². The van der Waals surface area contributed by atoms with E-state index in [0.29, 0.717) is 11.3 Å². The average Bonchev–Trinajstić information content (AvgIpc) is 2.39. The molecule has 1 aromatic carbocycles. The van der Waals surface area contributed by atoms with Gasteiger partial charge in [-0.1, -0.05) is 27.2 Å². The Morgan fingerprint density at radius 2 is 1.70 bits per heavy atom. The first-order chi connectivity index (χ1) is 9.43. The predicted octanol–water partition coefficient (Wildman–Crippen LogP) is 3.20. The van der Waals surface area contributed by atoms with Gasteiger partial charge in [0.05, 0.1) is 0 Å². The van der Waals surface area contributed by atoms with E-state index in [1.54, 1.807) is 24.3 Å². The van der Waals surface area contributed by atoms with Crippen LogP contribution in [-0.2, 0) is 4.79 Å². The third-order valence-electron chi connectivity index (χ3n) is 3.04. The highest BCUT2D eigenvalue weighted by Gasteiger charge is 2.10. The lowest BCUT2D eigenvalue weighted by atomic mass is 10.1. The van der Waals surface area contributed by atoms with Crippen molar-refractivity contribution in [3.63, 3.8) is 0 Å². The Morgan fingerprint density at radius 3 is 2.20 bits per heavy atom. The maximum atomic E-state index is 12.0. The number of benzene rings is 1. The van der Waals surface area contributed by atoms with E-state index >= 15 is 0 Å². The normalized spacial score (nSPS) is 12.1. The fraction of sp³-hybridized carbons (Fsp3) is 0.500. The van der Waals surface area contributed by atoms with Gasteiger partial charge < -0.3 is 10.6 Å². The van der Waals surface area contributed by atoms with Crippen LogP contribution < -0.4 is 10.6 Å². The summed E-state index contributed by atoms with van der Waals surface area (Å²) in [6.07, 6.45) is 2.01. The van der Waals surface area contributed by atoms with E-state index in [2.05, 4.69) is 17.6 Å². The van der Waals surface area contributed by atoms with Crippen LogP contribution in [-0.4, -0.2) is 17.9 Å². The smallest absolute Gasteiger partial charge is 0.251 e. The molecule has 0 aliphatic carbocycles. The van der Waals surface area contributed by atoms with Gasteiger partial charge in [-0.05, 0) is 37.6 Å². The summed E-state index contributed by atoms with van der Waals surface area (Å²) in [5.41, 5.74) is 1.32. The van der Waals surface area contributed by atoms with Gasteiger partial charge >= 0.3 is 0 Å². The molecule has 1 rings (SSSR count). The van der Waals surface area contributed by atoms with E-state index in [-0.39, 0.29) is 23.8 Å². The minimum absolute atomic E-state index is 0.0289. The number of amides is 2. The van der Waals surface area contributed by atoms with Gasteiger partial charge in [0.25, 0.3) is 5.91 Å². The third kappa shape index (κ3) is 5.03. The maximum Gasteiger partial charge on any atom is 0.251 e. The first kappa shape index (κ1) is 16.2. The lowest BCUT2D eigenvalue weighted by Gasteiger charge is -2.13. The van der Waals surface area contributed by atoms with Crippen LogP contribution in [0.2, 0.25) is 0 Å². The largest absolute Gasteiger partial charge is 0.350 e. The van der Waals surface area contributed by atoms with E-state index in [4.69, 9.17) is 0 Å². The Bertz CT molecular complexity index is 452. The highest BCUT2D eigenvalue weighted by Crippen LogP contribution is 2.11. The molecule has 0 saturated heterocycles. The minimum atomic E-state index is -0.0762. The summed E-state index contributed by atoms with van der Waals surface area (Å²) in [5, 5.41) is 5.75. The summed E-state index contributed by atoms with van der Waals surface area (Å²) in [6, 6.07) is 7.13. The van der Waals surface area contributed by atoms with Crippen molar-refractivity contribution in [2.24, 2.45) is 5.92 Å². The molecule has 0 unspecified atom stereocenters. The van der Waals surface area contributed by atoms with E-state index in [9.17, 15) is 9.59 Å². The third-order valence-corrected chi connectivity index (χ3v) is 3.04. The first-order valence-corrected chi connectivity index (χ1v) is 7.15. The van der Waals surface area contributed by atoms with Crippen LogP contribution in [0.1, 0.15) is 50.9 Å². The number of hydrogen-bond acceptors (Lipinski definition) is 2. The van der Waals surface area contributed by atoms with Crippen molar-refractivity contribution >= 4 is 17.5 Å². The molecule has 2 amide bonds. The van der Waals surface area contributed by atoms with Crippen LogP contribution in [0.5, 0.6) is 0 Å². The summed E-state index contributed by atoms with van der Waals surface area (Å²) in [4.78, 5) is 23.5. The Kier molecular flexibility index (Phi) is 6.22. The van der Waals surface area contributed by atoms with Gasteiger partial charge in [-0.25, -0.2) is 0 Å². The molecular formula is C16H24N2O2. The number of carbonyl (C=O) groups excluding carboxylic acids is 2. The number of nitrogens with one attached hydrogen (secondary N) is 2. The van der Waals surface area contributed by atoms with E-state index < -0.39 is 0 Å². The highest BCUT2D eigenvalue weighted by molar-refractivity contribution is 5.96. The molecule has 1 aromatic rings. The second kappa shape index (κ2) is 7.68. The van der Waals surface area contributed by atoms with Gasteiger partial charge in [0, 0.05) is 23.2 Å². The zero-order valence-electron chi connectivity index (χ0n) is 12.7. The molecule has 0 bridgehead atoms. The van der Waals surface area contributed by atoms with Gasteiger partial charge in [0.1, 0.15) is 0 Å². The van der Waals surface area contributed by atoms with Crippen molar-refractivity contribution < 1.29 is 9.59 Å². The molecule has 110 valence electrons. The van der Waals surface area contributed by atoms with Crippen LogP contribution in [0.3, 0.4) is 0 Å². The van der Waals surface area contributed by atoms with Crippen molar-refractivity contribution in [2.75, 3.05) is 5.32 Å². The molecule has 4 heteroatoms. The molecule has 20 heavy (non-hydrogen) atoms. The van der Waals surface area contributed by atoms with Crippen LogP contribution >= 0.6 is 0 Å². The van der Waals surface area contributed by atoms with E-state index in [1.165, 1.54) is 0 Å². The second-order valence-corrected chi connectivity index (χ2v) is 5.38. The first-order valence-electron chi connectivity index (χ1n) is 7.15. The zero-order valence-corrected chi connectivity index (χ0v) is 12.7. The number of carbonyl (C=O) groups is 2. The standard InChI is InChI=1S/C16H24N2O2/c1-5-6-12(4)17-16(20)13-7-9-14(10-8-13)18-15(19)11(2)3/h7-12H,5-6H2,1-4H3,(H,17,20)(H,18,19)/t12-/m1/s1. The highest BCUT2D eigenvalue weighted by atomic mass is 16.2. The molecule has 0 radical (unpaired) electrons. The molecule has 2 N–H and O–H groups in total. The van der Waals surface area contributed by atoms with Gasteiger partial charge in [-0.3, -0.25) is 9.59 Å². The van der Waals surface area contributed by atoms with Crippen LogP contribution in [0.25, 0.3) is 0 Å². The SMILES string of the molecule is CCC[C@@H](C)NC(=O)c1ccc(NC(=O)C(C)C)cc1. The zero-order chi connectivity index (χ0) is 15.1. The Morgan fingerprint density at radius 1 is 1.10 bits per heavy atom. The van der Waals surface area contributed by atoms with Crippen molar-refractivity contribution in [1.29, 1.82) is 0 Å². The van der Waals surface area contributed by atoms with Crippen molar-refractivity contribution in [1.82, 2.24) is 5.32 Å². The van der Waals surface area contributed by atoms with Gasteiger partial charge in [0.15, 0.2) is 0 Å². The molecule has 0 fully saturated rings. The predicted molar refractivity (Wildman–Crippen MR) is 81.7 cm³/mol. The minimum Gasteiger partial charge on any atom is -0.350 e. The van der Waals surface area contributed by atoms with Crippen LogP contribution in [0.4, 0.5) is 5.69 Å². The van der Waals surface area contributed by atoms with Crippen molar-refractivity contribution in [3.8, 4) is 0 Å². The van der Waals surface area contributed by atoms with Crippen LogP contribution in [0, 0.1) is 5.92 Å². The fourth-order valence-corrected chi connectivity index (χ4v) is 1.80. The lowest BCUT2D eigenvalue weighted by Crippen LogP contribution is -2.32. The van der Waals surface area contributed by atoms with Gasteiger partial charge in [-0.15, -0.1) is 0 Å². The molecule has 1 atom stereocenters. The molecule has 0 heterocycles. The number of hydrogen-bond donors (Lipinski definition) is 2. The average molecular weight is 276 g/mol. The summed E-state index contributed by atoms with van der Waals surface area (Å²) >= 11 is 0. The van der Waals surface area contributed by atoms with Crippen LogP contribution in [0.15, 0.2) is 24.3 Å². The fourth-order valence-electron chi connectivity index (χ4n) is 1.80. The Balaban J connectivity index is 2.62. The molecule has 0 saturated carbocycles. The number of rotatable bonds is 6. The molecule has 0 aliphatic heterocycles. The lowest BCUT2D eigenvalue weighted by molar-refractivity contribution is -0.118. The van der Waals surface area contributed by atoms with Gasteiger partial charge in [0.2, 0.25) is 5.91 Å². The van der Waals surface area contributed by atoms with E-state index in [1.807, 2.05) is 20.8 Å². The monoisotopic (exact) mass is 276 g/mol. The van der Waals surface area contributed by atoms with Gasteiger partial charge in [-0.2, -0.15) is 0 Å². The summed E-state index contributed by atoms with van der Waals surface area (Å²) < 4.78 is 0. The number of anilines is 1. The molecule has 4 nitrogen and oxygen atoms in total. The summed E-state index contributed by atoms with van der Waals surface area (Å²) in [6.45, 7) is 7.77. The van der Waals surface area contributed by atoms with Crippen molar-refractivity contribution in [3.05, 3.63) is 29.8 Å². The molecule has 0 aromatic heterocycles. The Labute approximate surface area is 121 Å². The molecule has 0 spiro atoms. The molecular weight excluding hydrogens is 252 g/mol. The molecule has 0 aliphatic rings. The summed E-state index contributed by atoms with van der Waals surface area (Å²) in [7, 11) is 0. The summed E-state index contributed by atoms with van der Waals surface area (Å²) in [5.74, 6) is -0.167. The van der Waals surface area contributed by atoms with Crippen molar-refractivity contribution in [2.45, 2.75) is 46.6 Å². The quantitative estimate of drug-likeness (QED) is 0.838. The maximum absolute atomic E-state index is 12.0.